The zero-order valence-electron chi connectivity index (χ0n) is 10.7. The van der Waals surface area contributed by atoms with Crippen molar-refractivity contribution in [2.75, 3.05) is 13.1 Å². The molecule has 1 aromatic rings. The van der Waals surface area contributed by atoms with Crippen molar-refractivity contribution >= 4 is 15.9 Å². The number of nitrogens with one attached hydrogen (secondary N) is 1. The minimum Gasteiger partial charge on any atom is -0.317 e. The maximum Gasteiger partial charge on any atom is 0.0635 e. The van der Waals surface area contributed by atoms with E-state index in [4.69, 9.17) is 0 Å². The van der Waals surface area contributed by atoms with Crippen molar-refractivity contribution in [2.45, 2.75) is 39.0 Å². The van der Waals surface area contributed by atoms with Gasteiger partial charge in [-0.2, -0.15) is 5.10 Å². The predicted octanol–water partition coefficient (Wildman–Crippen LogP) is 2.85. The summed E-state index contributed by atoms with van der Waals surface area (Å²) in [6.07, 6.45) is 4.18. The molecule has 16 heavy (non-hydrogen) atoms. The molecule has 0 radical (unpaired) electrons. The first-order valence-corrected chi connectivity index (χ1v) is 6.67. The van der Waals surface area contributed by atoms with Gasteiger partial charge in [0.05, 0.1) is 16.4 Å². The van der Waals surface area contributed by atoms with Crippen molar-refractivity contribution in [3.05, 3.63) is 16.4 Å². The van der Waals surface area contributed by atoms with Gasteiger partial charge in [-0.3, -0.25) is 4.68 Å². The van der Waals surface area contributed by atoms with Gasteiger partial charge >= 0.3 is 0 Å². The Kier molecular flexibility index (Phi) is 4.99. The van der Waals surface area contributed by atoms with Gasteiger partial charge in [0.15, 0.2) is 0 Å². The van der Waals surface area contributed by atoms with Crippen LogP contribution in [0.3, 0.4) is 0 Å². The van der Waals surface area contributed by atoms with Gasteiger partial charge in [0.2, 0.25) is 0 Å². The van der Waals surface area contributed by atoms with E-state index in [2.05, 4.69) is 47.1 Å². The molecular weight excluding hydrogens is 266 g/mol. The Morgan fingerprint density at radius 2 is 2.12 bits per heavy atom. The van der Waals surface area contributed by atoms with Crippen molar-refractivity contribution < 1.29 is 0 Å². The first-order valence-electron chi connectivity index (χ1n) is 5.87. The standard InChI is InChI=1S/C12H22BrN3/c1-5-7-14-8-6-12(2,3)11-10(13)9-15-16(11)4/h9,14H,5-8H2,1-4H3. The van der Waals surface area contributed by atoms with Crippen LogP contribution in [0.1, 0.15) is 39.3 Å². The van der Waals surface area contributed by atoms with E-state index in [9.17, 15) is 0 Å². The molecule has 0 bridgehead atoms. The van der Waals surface area contributed by atoms with Crippen molar-refractivity contribution in [1.82, 2.24) is 15.1 Å². The van der Waals surface area contributed by atoms with Crippen LogP contribution in [-0.2, 0) is 12.5 Å². The number of nitrogens with zero attached hydrogens (tertiary/aromatic N) is 2. The fourth-order valence-electron chi connectivity index (χ4n) is 1.99. The first-order chi connectivity index (χ1) is 7.49. The smallest absolute Gasteiger partial charge is 0.0635 e. The van der Waals surface area contributed by atoms with Crippen molar-refractivity contribution in [3.8, 4) is 0 Å². The van der Waals surface area contributed by atoms with Crippen LogP contribution in [0.25, 0.3) is 0 Å². The summed E-state index contributed by atoms with van der Waals surface area (Å²) in [7, 11) is 2.00. The van der Waals surface area contributed by atoms with Crippen LogP contribution in [0.4, 0.5) is 0 Å². The number of halogens is 1. The summed E-state index contributed by atoms with van der Waals surface area (Å²) in [6.45, 7) is 8.88. The Morgan fingerprint density at radius 3 is 2.62 bits per heavy atom. The SMILES string of the molecule is CCCNCCC(C)(C)c1c(Br)cnn1C. The number of hydrogen-bond acceptors (Lipinski definition) is 2. The van der Waals surface area contributed by atoms with E-state index in [-0.39, 0.29) is 5.41 Å². The summed E-state index contributed by atoms with van der Waals surface area (Å²) >= 11 is 3.57. The molecular formula is C12H22BrN3. The molecule has 0 spiro atoms. The van der Waals surface area contributed by atoms with E-state index >= 15 is 0 Å². The number of aryl methyl sites for hydroxylation is 1. The average molecular weight is 288 g/mol. The largest absolute Gasteiger partial charge is 0.317 e. The lowest BCUT2D eigenvalue weighted by molar-refractivity contribution is 0.424. The van der Waals surface area contributed by atoms with Crippen LogP contribution in [0.5, 0.6) is 0 Å². The third-order valence-corrected chi connectivity index (χ3v) is 3.47. The van der Waals surface area contributed by atoms with E-state index in [1.165, 1.54) is 12.1 Å². The highest BCUT2D eigenvalue weighted by atomic mass is 79.9. The van der Waals surface area contributed by atoms with Gasteiger partial charge in [-0.25, -0.2) is 0 Å². The highest BCUT2D eigenvalue weighted by Crippen LogP contribution is 2.31. The molecule has 4 heteroatoms. The van der Waals surface area contributed by atoms with Crippen LogP contribution in [-0.4, -0.2) is 22.9 Å². The molecule has 0 atom stereocenters. The third kappa shape index (κ3) is 3.32. The van der Waals surface area contributed by atoms with Gasteiger partial charge in [0.25, 0.3) is 0 Å². The second-order valence-electron chi connectivity index (χ2n) is 4.85. The molecule has 0 saturated heterocycles. The van der Waals surface area contributed by atoms with Gasteiger partial charge in [-0.05, 0) is 41.9 Å². The van der Waals surface area contributed by atoms with Crippen LogP contribution in [0, 0.1) is 0 Å². The summed E-state index contributed by atoms with van der Waals surface area (Å²) < 4.78 is 3.07. The van der Waals surface area contributed by atoms with E-state index in [0.717, 1.165) is 24.0 Å². The molecule has 0 unspecified atom stereocenters. The van der Waals surface area contributed by atoms with Gasteiger partial charge in [0.1, 0.15) is 0 Å². The number of aromatic nitrogens is 2. The second kappa shape index (κ2) is 5.82. The summed E-state index contributed by atoms with van der Waals surface area (Å²) in [4.78, 5) is 0. The molecule has 0 fully saturated rings. The molecule has 3 nitrogen and oxygen atoms in total. The lowest BCUT2D eigenvalue weighted by Crippen LogP contribution is -2.28. The van der Waals surface area contributed by atoms with Crippen molar-refractivity contribution in [1.29, 1.82) is 0 Å². The second-order valence-corrected chi connectivity index (χ2v) is 5.70. The molecule has 0 aliphatic carbocycles. The van der Waals surface area contributed by atoms with Gasteiger partial charge < -0.3 is 5.32 Å². The van der Waals surface area contributed by atoms with Crippen LogP contribution in [0.2, 0.25) is 0 Å². The quantitative estimate of drug-likeness (QED) is 0.816. The molecule has 92 valence electrons. The molecule has 1 heterocycles. The first kappa shape index (κ1) is 13.7. The molecule has 1 N–H and O–H groups in total. The van der Waals surface area contributed by atoms with E-state index in [1.807, 2.05) is 17.9 Å². The molecule has 0 aliphatic heterocycles. The molecule has 0 aliphatic rings. The Hall–Kier alpha value is -0.350. The summed E-state index contributed by atoms with van der Waals surface area (Å²) in [5, 5.41) is 7.72. The van der Waals surface area contributed by atoms with Gasteiger partial charge in [-0.1, -0.05) is 20.8 Å². The summed E-state index contributed by atoms with van der Waals surface area (Å²) in [5.74, 6) is 0. The van der Waals surface area contributed by atoms with Crippen molar-refractivity contribution in [2.24, 2.45) is 7.05 Å². The lowest BCUT2D eigenvalue weighted by atomic mass is 9.85. The predicted molar refractivity (Wildman–Crippen MR) is 71.7 cm³/mol. The minimum atomic E-state index is 0.144. The summed E-state index contributed by atoms with van der Waals surface area (Å²) in [5.41, 5.74) is 1.41. The fraction of sp³-hybridized carbons (Fsp3) is 0.750. The van der Waals surface area contributed by atoms with Crippen molar-refractivity contribution in [3.63, 3.8) is 0 Å². The normalized spacial score (nSPS) is 12.1. The van der Waals surface area contributed by atoms with Gasteiger partial charge in [0, 0.05) is 12.5 Å². The maximum atomic E-state index is 4.28. The van der Waals surface area contributed by atoms with Crippen LogP contribution < -0.4 is 5.32 Å². The van der Waals surface area contributed by atoms with E-state index in [0.29, 0.717) is 0 Å². The van der Waals surface area contributed by atoms with E-state index in [1.54, 1.807) is 0 Å². The Labute approximate surface area is 107 Å². The maximum absolute atomic E-state index is 4.28. The molecule has 1 aromatic heterocycles. The zero-order chi connectivity index (χ0) is 12.2. The topological polar surface area (TPSA) is 29.9 Å². The minimum absolute atomic E-state index is 0.144. The average Bonchev–Trinajstić information content (AvgIpc) is 2.54. The molecule has 0 aromatic carbocycles. The molecule has 1 rings (SSSR count). The fourth-order valence-corrected chi connectivity index (χ4v) is 2.88. The van der Waals surface area contributed by atoms with E-state index < -0.39 is 0 Å². The Balaban J connectivity index is 2.63. The highest BCUT2D eigenvalue weighted by Gasteiger charge is 2.26. The van der Waals surface area contributed by atoms with Crippen LogP contribution >= 0.6 is 15.9 Å². The Bertz CT molecular complexity index is 312. The zero-order valence-corrected chi connectivity index (χ0v) is 12.3. The monoisotopic (exact) mass is 287 g/mol. The molecule has 0 amide bonds. The highest BCUT2D eigenvalue weighted by molar-refractivity contribution is 9.10. The summed E-state index contributed by atoms with van der Waals surface area (Å²) in [6, 6.07) is 0. The van der Waals surface area contributed by atoms with Gasteiger partial charge in [-0.15, -0.1) is 0 Å². The number of rotatable bonds is 6. The lowest BCUT2D eigenvalue weighted by Gasteiger charge is -2.25. The van der Waals surface area contributed by atoms with Crippen LogP contribution in [0.15, 0.2) is 10.7 Å². The number of hydrogen-bond donors (Lipinski definition) is 1. The Morgan fingerprint density at radius 1 is 1.44 bits per heavy atom. The third-order valence-electron chi connectivity index (χ3n) is 2.89. The molecule has 0 saturated carbocycles.